The number of para-hydroxylation sites is 1. The van der Waals surface area contributed by atoms with Crippen LogP contribution in [0.1, 0.15) is 19.7 Å². The number of fused-ring (bicyclic) bond motifs is 3. The number of aromatic nitrogens is 3. The summed E-state index contributed by atoms with van der Waals surface area (Å²) < 4.78 is 2.12. The lowest BCUT2D eigenvalue weighted by atomic mass is 10.1. The van der Waals surface area contributed by atoms with Gasteiger partial charge < -0.3 is 9.67 Å². The number of imidazole rings is 1. The molecular formula is C15H17N3O. The van der Waals surface area contributed by atoms with Gasteiger partial charge in [0, 0.05) is 11.9 Å². The molecule has 1 aromatic carbocycles. The molecule has 0 aliphatic carbocycles. The zero-order chi connectivity index (χ0) is 13.4. The second-order valence-electron chi connectivity index (χ2n) is 5.20. The minimum Gasteiger partial charge on any atom is -0.388 e. The van der Waals surface area contributed by atoms with Gasteiger partial charge in [0.15, 0.2) is 0 Å². The van der Waals surface area contributed by atoms with Crippen LogP contribution in [0, 0.1) is 5.92 Å². The predicted octanol–water partition coefficient (Wildman–Crippen LogP) is 2.73. The fourth-order valence-corrected chi connectivity index (χ4v) is 2.49. The Hall–Kier alpha value is -1.94. The van der Waals surface area contributed by atoms with Crippen LogP contribution >= 0.6 is 0 Å². The molecule has 0 aliphatic heterocycles. The first-order valence-electron chi connectivity index (χ1n) is 6.54. The lowest BCUT2D eigenvalue weighted by molar-refractivity contribution is 0.264. The highest BCUT2D eigenvalue weighted by molar-refractivity contribution is 6.02. The lowest BCUT2D eigenvalue weighted by Crippen LogP contribution is -2.08. The summed E-state index contributed by atoms with van der Waals surface area (Å²) in [4.78, 5) is 8.90. The van der Waals surface area contributed by atoms with E-state index in [0.29, 0.717) is 11.7 Å². The Labute approximate surface area is 111 Å². The van der Waals surface area contributed by atoms with E-state index < -0.39 is 0 Å². The average molecular weight is 255 g/mol. The van der Waals surface area contributed by atoms with E-state index in [4.69, 9.17) is 0 Å². The largest absolute Gasteiger partial charge is 0.388 e. The van der Waals surface area contributed by atoms with Crippen LogP contribution in [0.3, 0.4) is 0 Å². The van der Waals surface area contributed by atoms with E-state index in [1.165, 1.54) is 0 Å². The molecule has 0 atom stereocenters. The van der Waals surface area contributed by atoms with E-state index in [2.05, 4.69) is 34.4 Å². The maximum atomic E-state index is 9.50. The first-order chi connectivity index (χ1) is 9.20. The first kappa shape index (κ1) is 12.1. The molecule has 0 saturated heterocycles. The van der Waals surface area contributed by atoms with Crippen molar-refractivity contribution < 1.29 is 5.11 Å². The Balaban J connectivity index is 2.38. The summed E-state index contributed by atoms with van der Waals surface area (Å²) in [7, 11) is 0. The molecule has 3 aromatic rings. The normalized spacial score (nSPS) is 11.8. The molecule has 4 nitrogen and oxygen atoms in total. The molecule has 19 heavy (non-hydrogen) atoms. The van der Waals surface area contributed by atoms with E-state index in [1.807, 2.05) is 18.2 Å². The van der Waals surface area contributed by atoms with Crippen molar-refractivity contribution in [2.75, 3.05) is 0 Å². The number of hydrogen-bond acceptors (Lipinski definition) is 3. The zero-order valence-electron chi connectivity index (χ0n) is 11.2. The molecule has 0 unspecified atom stereocenters. The van der Waals surface area contributed by atoms with Crippen molar-refractivity contribution in [2.24, 2.45) is 5.92 Å². The fourth-order valence-electron chi connectivity index (χ4n) is 2.49. The molecule has 0 radical (unpaired) electrons. The predicted molar refractivity (Wildman–Crippen MR) is 75.8 cm³/mol. The van der Waals surface area contributed by atoms with Crippen molar-refractivity contribution in [3.05, 3.63) is 36.3 Å². The highest BCUT2D eigenvalue weighted by Gasteiger charge is 2.14. The number of pyridine rings is 1. The summed E-state index contributed by atoms with van der Waals surface area (Å²) in [6, 6.07) is 8.05. The minimum absolute atomic E-state index is 0.0459. The summed E-state index contributed by atoms with van der Waals surface area (Å²) >= 11 is 0. The van der Waals surface area contributed by atoms with Gasteiger partial charge in [-0.15, -0.1) is 0 Å². The van der Waals surface area contributed by atoms with E-state index in [0.717, 1.165) is 28.5 Å². The van der Waals surface area contributed by atoms with E-state index in [1.54, 1.807) is 6.20 Å². The van der Waals surface area contributed by atoms with E-state index in [9.17, 15) is 5.11 Å². The minimum atomic E-state index is -0.0459. The summed E-state index contributed by atoms with van der Waals surface area (Å²) in [5.41, 5.74) is 2.89. The lowest BCUT2D eigenvalue weighted by Gasteiger charge is -2.11. The van der Waals surface area contributed by atoms with Crippen LogP contribution in [0.15, 0.2) is 30.5 Å². The first-order valence-corrected chi connectivity index (χ1v) is 6.54. The molecule has 0 saturated carbocycles. The van der Waals surface area contributed by atoms with E-state index >= 15 is 0 Å². The molecular weight excluding hydrogens is 238 g/mol. The maximum absolute atomic E-state index is 9.50. The molecule has 0 fully saturated rings. The Morgan fingerprint density at radius 1 is 1.21 bits per heavy atom. The monoisotopic (exact) mass is 255 g/mol. The van der Waals surface area contributed by atoms with Crippen LogP contribution < -0.4 is 0 Å². The summed E-state index contributed by atoms with van der Waals surface area (Å²) in [6.45, 7) is 5.13. The zero-order valence-corrected chi connectivity index (χ0v) is 11.2. The van der Waals surface area contributed by atoms with Crippen molar-refractivity contribution >= 4 is 21.9 Å². The molecule has 2 heterocycles. The number of nitrogens with zero attached hydrogens (tertiary/aromatic N) is 3. The van der Waals surface area contributed by atoms with Crippen molar-refractivity contribution in [2.45, 2.75) is 27.0 Å². The molecule has 0 amide bonds. The quantitative estimate of drug-likeness (QED) is 0.783. The van der Waals surface area contributed by atoms with Crippen molar-refractivity contribution in [1.29, 1.82) is 0 Å². The third-order valence-electron chi connectivity index (χ3n) is 3.25. The van der Waals surface area contributed by atoms with Crippen LogP contribution in [0.5, 0.6) is 0 Å². The number of benzene rings is 1. The van der Waals surface area contributed by atoms with Gasteiger partial charge in [-0.2, -0.15) is 0 Å². The summed E-state index contributed by atoms with van der Waals surface area (Å²) in [5, 5.41) is 10.6. The van der Waals surface area contributed by atoms with Crippen LogP contribution in [0.2, 0.25) is 0 Å². The van der Waals surface area contributed by atoms with Gasteiger partial charge in [-0.3, -0.25) is 4.98 Å². The van der Waals surface area contributed by atoms with Crippen molar-refractivity contribution in [3.8, 4) is 0 Å². The van der Waals surface area contributed by atoms with Crippen LogP contribution in [0.4, 0.5) is 0 Å². The number of rotatable bonds is 3. The summed E-state index contributed by atoms with van der Waals surface area (Å²) in [6.07, 6.45) is 1.79. The number of aliphatic hydroxyl groups is 1. The van der Waals surface area contributed by atoms with E-state index in [-0.39, 0.29) is 6.61 Å². The average Bonchev–Trinajstić information content (AvgIpc) is 2.76. The van der Waals surface area contributed by atoms with Gasteiger partial charge in [-0.05, 0) is 12.0 Å². The van der Waals surface area contributed by atoms with Crippen molar-refractivity contribution in [1.82, 2.24) is 14.5 Å². The molecule has 1 N–H and O–H groups in total. The molecule has 0 bridgehead atoms. The fraction of sp³-hybridized carbons (Fsp3) is 0.333. The molecule has 98 valence electrons. The molecule has 0 aliphatic rings. The SMILES string of the molecule is CC(C)Cn1c(CO)nc2cnc3ccccc3c21. The van der Waals surface area contributed by atoms with Crippen LogP contribution in [-0.2, 0) is 13.2 Å². The second kappa shape index (κ2) is 4.63. The third kappa shape index (κ3) is 1.98. The second-order valence-corrected chi connectivity index (χ2v) is 5.20. The van der Waals surface area contributed by atoms with Gasteiger partial charge >= 0.3 is 0 Å². The van der Waals surface area contributed by atoms with Gasteiger partial charge in [0.05, 0.1) is 17.2 Å². The smallest absolute Gasteiger partial charge is 0.135 e. The Morgan fingerprint density at radius 2 is 2.00 bits per heavy atom. The summed E-state index contributed by atoms with van der Waals surface area (Å²) in [5.74, 6) is 1.21. The topological polar surface area (TPSA) is 50.9 Å². The molecule has 0 spiro atoms. The number of hydrogen-bond donors (Lipinski definition) is 1. The van der Waals surface area contributed by atoms with Gasteiger partial charge in [0.1, 0.15) is 17.9 Å². The van der Waals surface area contributed by atoms with Gasteiger partial charge in [0.2, 0.25) is 0 Å². The molecule has 3 rings (SSSR count). The third-order valence-corrected chi connectivity index (χ3v) is 3.25. The molecule has 2 aromatic heterocycles. The Morgan fingerprint density at radius 3 is 2.74 bits per heavy atom. The highest BCUT2D eigenvalue weighted by Crippen LogP contribution is 2.25. The van der Waals surface area contributed by atoms with Crippen LogP contribution in [-0.4, -0.2) is 19.6 Å². The standard InChI is InChI=1S/C15H17N3O/c1-10(2)8-18-14(9-19)17-13-7-16-12-6-4-3-5-11(12)15(13)18/h3-7,10,19H,8-9H2,1-2H3. The van der Waals surface area contributed by atoms with Crippen LogP contribution in [0.25, 0.3) is 21.9 Å². The number of aliphatic hydroxyl groups excluding tert-OH is 1. The maximum Gasteiger partial charge on any atom is 0.135 e. The van der Waals surface area contributed by atoms with Gasteiger partial charge in [0.25, 0.3) is 0 Å². The van der Waals surface area contributed by atoms with Gasteiger partial charge in [-0.1, -0.05) is 32.0 Å². The highest BCUT2D eigenvalue weighted by atomic mass is 16.3. The van der Waals surface area contributed by atoms with Crippen molar-refractivity contribution in [3.63, 3.8) is 0 Å². The molecule has 4 heteroatoms. The Bertz CT molecular complexity index is 731. The van der Waals surface area contributed by atoms with Gasteiger partial charge in [-0.25, -0.2) is 4.98 Å². The Kier molecular flexibility index (Phi) is 2.95.